The number of para-hydroxylation sites is 1. The molecule has 1 heterocycles. The molecule has 0 spiro atoms. The van der Waals surface area contributed by atoms with Gasteiger partial charge < -0.3 is 4.57 Å². The first-order valence-electron chi connectivity index (χ1n) is 8.29. The largest absolute Gasteiger partial charge is 0.341 e. The van der Waals surface area contributed by atoms with Crippen LogP contribution in [0.15, 0.2) is 71.6 Å². The molecule has 0 saturated heterocycles. The maximum absolute atomic E-state index is 13.0. The van der Waals surface area contributed by atoms with Gasteiger partial charge in [0, 0.05) is 34.0 Å². The number of hydrogen-bond acceptors (Lipinski definition) is 2. The van der Waals surface area contributed by atoms with E-state index < -0.39 is 15.8 Å². The van der Waals surface area contributed by atoms with Crippen LogP contribution in [-0.2, 0) is 16.6 Å². The van der Waals surface area contributed by atoms with Crippen LogP contribution in [0.1, 0.15) is 6.92 Å². The van der Waals surface area contributed by atoms with Gasteiger partial charge >= 0.3 is 0 Å². The Morgan fingerprint density at radius 2 is 1.62 bits per heavy atom. The lowest BCUT2D eigenvalue weighted by molar-refractivity contribution is 0.601. The molecule has 0 fully saturated rings. The van der Waals surface area contributed by atoms with Crippen LogP contribution < -0.4 is 4.72 Å². The number of benzene rings is 3. The number of hydrogen-bond donors (Lipinski definition) is 1. The number of fused-ring (bicyclic) bond motifs is 3. The SMILES string of the molecule is CCn1c2ccccc2c2cc(S(=O)(=O)Nc3ccc(F)cc3)ccc21. The number of rotatable bonds is 4. The van der Waals surface area contributed by atoms with Crippen molar-refractivity contribution in [3.05, 3.63) is 72.5 Å². The molecule has 0 saturated carbocycles. The van der Waals surface area contributed by atoms with E-state index in [1.807, 2.05) is 30.3 Å². The predicted molar refractivity (Wildman–Crippen MR) is 102 cm³/mol. The van der Waals surface area contributed by atoms with Crippen molar-refractivity contribution in [1.29, 1.82) is 0 Å². The summed E-state index contributed by atoms with van der Waals surface area (Å²) in [5, 5.41) is 1.91. The Kier molecular flexibility index (Phi) is 3.92. The van der Waals surface area contributed by atoms with E-state index in [1.165, 1.54) is 24.3 Å². The van der Waals surface area contributed by atoms with Crippen molar-refractivity contribution in [2.75, 3.05) is 4.72 Å². The first kappa shape index (κ1) is 16.6. The van der Waals surface area contributed by atoms with Gasteiger partial charge in [0.1, 0.15) is 5.82 Å². The average Bonchev–Trinajstić information content (AvgIpc) is 2.96. The number of anilines is 1. The van der Waals surface area contributed by atoms with Crippen molar-refractivity contribution in [3.8, 4) is 0 Å². The molecule has 26 heavy (non-hydrogen) atoms. The number of aryl methyl sites for hydroxylation is 1. The van der Waals surface area contributed by atoms with E-state index in [2.05, 4.69) is 16.2 Å². The van der Waals surface area contributed by atoms with E-state index >= 15 is 0 Å². The Morgan fingerprint density at radius 3 is 2.35 bits per heavy atom. The monoisotopic (exact) mass is 368 g/mol. The molecule has 0 aliphatic heterocycles. The summed E-state index contributed by atoms with van der Waals surface area (Å²) in [6.07, 6.45) is 0. The zero-order valence-electron chi connectivity index (χ0n) is 14.1. The van der Waals surface area contributed by atoms with Gasteiger partial charge in [0.05, 0.1) is 4.90 Å². The van der Waals surface area contributed by atoms with Gasteiger partial charge in [-0.15, -0.1) is 0 Å². The summed E-state index contributed by atoms with van der Waals surface area (Å²) in [7, 11) is -3.77. The first-order chi connectivity index (χ1) is 12.5. The lowest BCUT2D eigenvalue weighted by Gasteiger charge is -2.09. The summed E-state index contributed by atoms with van der Waals surface area (Å²) in [5.41, 5.74) is 2.39. The summed E-state index contributed by atoms with van der Waals surface area (Å²) in [6.45, 7) is 2.86. The Morgan fingerprint density at radius 1 is 0.923 bits per heavy atom. The number of halogens is 1. The van der Waals surface area contributed by atoms with Crippen LogP contribution in [0.3, 0.4) is 0 Å². The highest BCUT2D eigenvalue weighted by atomic mass is 32.2. The lowest BCUT2D eigenvalue weighted by Crippen LogP contribution is -2.12. The standard InChI is InChI=1S/C20H17FN2O2S/c1-2-23-19-6-4-3-5-17(19)18-13-16(11-12-20(18)23)26(24,25)22-15-9-7-14(21)8-10-15/h3-13,22H,2H2,1H3. The van der Waals surface area contributed by atoms with Crippen LogP contribution in [0.25, 0.3) is 21.8 Å². The van der Waals surface area contributed by atoms with Crippen LogP contribution >= 0.6 is 0 Å². The van der Waals surface area contributed by atoms with E-state index in [0.29, 0.717) is 5.69 Å². The Hall–Kier alpha value is -2.86. The van der Waals surface area contributed by atoms with E-state index in [9.17, 15) is 12.8 Å². The molecule has 4 nitrogen and oxygen atoms in total. The van der Waals surface area contributed by atoms with Gasteiger partial charge in [-0.2, -0.15) is 0 Å². The van der Waals surface area contributed by atoms with Crippen molar-refractivity contribution >= 4 is 37.5 Å². The summed E-state index contributed by atoms with van der Waals surface area (Å²) in [4.78, 5) is 0.174. The molecule has 0 bridgehead atoms. The highest BCUT2D eigenvalue weighted by Crippen LogP contribution is 2.31. The quantitative estimate of drug-likeness (QED) is 0.565. The van der Waals surface area contributed by atoms with E-state index in [1.54, 1.807) is 12.1 Å². The molecule has 0 aliphatic rings. The number of nitrogens with one attached hydrogen (secondary N) is 1. The molecule has 1 aromatic heterocycles. The second kappa shape index (κ2) is 6.14. The van der Waals surface area contributed by atoms with Gasteiger partial charge in [0.2, 0.25) is 0 Å². The van der Waals surface area contributed by atoms with Crippen molar-refractivity contribution in [2.45, 2.75) is 18.4 Å². The molecule has 4 aromatic rings. The minimum absolute atomic E-state index is 0.174. The Bertz CT molecular complexity index is 1210. The van der Waals surface area contributed by atoms with E-state index in [0.717, 1.165) is 28.4 Å². The number of sulfonamides is 1. The van der Waals surface area contributed by atoms with Gasteiger partial charge in [-0.3, -0.25) is 4.72 Å². The van der Waals surface area contributed by atoms with Crippen molar-refractivity contribution < 1.29 is 12.8 Å². The van der Waals surface area contributed by atoms with E-state index in [-0.39, 0.29) is 4.90 Å². The normalized spacial score (nSPS) is 11.9. The van der Waals surface area contributed by atoms with Crippen molar-refractivity contribution in [3.63, 3.8) is 0 Å². The number of nitrogens with zero attached hydrogens (tertiary/aromatic N) is 1. The summed E-state index contributed by atoms with van der Waals surface area (Å²) < 4.78 is 43.1. The molecule has 0 atom stereocenters. The minimum atomic E-state index is -3.77. The fraction of sp³-hybridized carbons (Fsp3) is 0.100. The maximum atomic E-state index is 13.0. The second-order valence-corrected chi connectivity index (χ2v) is 7.74. The predicted octanol–water partition coefficient (Wildman–Crippen LogP) is 4.75. The maximum Gasteiger partial charge on any atom is 0.261 e. The van der Waals surface area contributed by atoms with Gasteiger partial charge in [-0.1, -0.05) is 18.2 Å². The Balaban J connectivity index is 1.84. The molecular formula is C20H17FN2O2S. The molecule has 132 valence electrons. The van der Waals surface area contributed by atoms with Gasteiger partial charge in [-0.05, 0) is 55.5 Å². The van der Waals surface area contributed by atoms with Gasteiger partial charge in [0.15, 0.2) is 0 Å². The molecule has 4 rings (SSSR count). The van der Waals surface area contributed by atoms with Gasteiger partial charge in [-0.25, -0.2) is 12.8 Å². The molecule has 6 heteroatoms. The molecular weight excluding hydrogens is 351 g/mol. The van der Waals surface area contributed by atoms with Gasteiger partial charge in [0.25, 0.3) is 10.0 Å². The van der Waals surface area contributed by atoms with Crippen LogP contribution in [0, 0.1) is 5.82 Å². The topological polar surface area (TPSA) is 51.1 Å². The summed E-state index contributed by atoms with van der Waals surface area (Å²) in [6, 6.07) is 18.3. The molecule has 0 aliphatic carbocycles. The third-order valence-electron chi connectivity index (χ3n) is 4.47. The highest BCUT2D eigenvalue weighted by molar-refractivity contribution is 7.92. The van der Waals surface area contributed by atoms with Crippen LogP contribution in [0.4, 0.5) is 10.1 Å². The van der Waals surface area contributed by atoms with E-state index in [4.69, 9.17) is 0 Å². The smallest absolute Gasteiger partial charge is 0.261 e. The summed E-state index contributed by atoms with van der Waals surface area (Å²) in [5.74, 6) is -0.415. The lowest BCUT2D eigenvalue weighted by atomic mass is 10.1. The average molecular weight is 368 g/mol. The fourth-order valence-electron chi connectivity index (χ4n) is 3.27. The fourth-order valence-corrected chi connectivity index (χ4v) is 4.36. The molecule has 3 aromatic carbocycles. The zero-order chi connectivity index (χ0) is 18.3. The van der Waals surface area contributed by atoms with Crippen LogP contribution in [0.5, 0.6) is 0 Å². The molecule has 0 radical (unpaired) electrons. The summed E-state index contributed by atoms with van der Waals surface area (Å²) >= 11 is 0. The molecule has 0 unspecified atom stereocenters. The second-order valence-electron chi connectivity index (χ2n) is 6.05. The Labute approximate surface area is 150 Å². The van der Waals surface area contributed by atoms with Crippen LogP contribution in [-0.4, -0.2) is 13.0 Å². The zero-order valence-corrected chi connectivity index (χ0v) is 14.9. The minimum Gasteiger partial charge on any atom is -0.341 e. The molecule has 0 amide bonds. The third-order valence-corrected chi connectivity index (χ3v) is 5.85. The van der Waals surface area contributed by atoms with Crippen molar-refractivity contribution in [2.24, 2.45) is 0 Å². The van der Waals surface area contributed by atoms with Crippen LogP contribution in [0.2, 0.25) is 0 Å². The van der Waals surface area contributed by atoms with Crippen molar-refractivity contribution in [1.82, 2.24) is 4.57 Å². The molecule has 1 N–H and O–H groups in total. The highest BCUT2D eigenvalue weighted by Gasteiger charge is 2.17. The first-order valence-corrected chi connectivity index (χ1v) is 9.77. The number of aromatic nitrogens is 1. The third kappa shape index (κ3) is 2.72.